The van der Waals surface area contributed by atoms with E-state index in [2.05, 4.69) is 15.2 Å². The maximum Gasteiger partial charge on any atom is 0.259 e. The van der Waals surface area contributed by atoms with E-state index in [4.69, 9.17) is 13.9 Å². The number of nitrogens with zero attached hydrogens (tertiary/aromatic N) is 3. The SMILES string of the molecule is CN(C)Cc1ccc(CSCCNC(C[N+](=O)[O-])=NCc2ccc3c(c2)OCO3)o1. The monoisotopic (exact) mass is 434 g/mol. The van der Waals surface area contributed by atoms with Crippen molar-refractivity contribution in [2.45, 2.75) is 18.8 Å². The highest BCUT2D eigenvalue weighted by Gasteiger charge is 2.13. The Bertz CT molecular complexity index is 884. The van der Waals surface area contributed by atoms with Gasteiger partial charge < -0.3 is 24.1 Å². The van der Waals surface area contributed by atoms with Crippen molar-refractivity contribution < 1.29 is 18.8 Å². The summed E-state index contributed by atoms with van der Waals surface area (Å²) in [6.45, 7) is 1.57. The smallest absolute Gasteiger partial charge is 0.259 e. The molecular formula is C20H26N4O5S. The highest BCUT2D eigenvalue weighted by Crippen LogP contribution is 2.32. The Kier molecular flexibility index (Phi) is 7.97. The van der Waals surface area contributed by atoms with Crippen LogP contribution in [0.15, 0.2) is 39.7 Å². The molecule has 0 fully saturated rings. The van der Waals surface area contributed by atoms with Crippen LogP contribution >= 0.6 is 11.8 Å². The molecule has 1 aliphatic rings. The van der Waals surface area contributed by atoms with E-state index in [-0.39, 0.29) is 18.3 Å². The molecule has 1 aliphatic heterocycles. The molecule has 30 heavy (non-hydrogen) atoms. The highest BCUT2D eigenvalue weighted by molar-refractivity contribution is 7.98. The van der Waals surface area contributed by atoms with E-state index < -0.39 is 0 Å². The van der Waals surface area contributed by atoms with Crippen LogP contribution in [-0.4, -0.2) is 55.4 Å². The van der Waals surface area contributed by atoms with Gasteiger partial charge in [0.25, 0.3) is 6.54 Å². The number of aliphatic imine (C=N–C) groups is 1. The molecule has 10 heteroatoms. The third-order valence-electron chi connectivity index (χ3n) is 4.18. The fraction of sp³-hybridized carbons (Fsp3) is 0.450. The van der Waals surface area contributed by atoms with E-state index >= 15 is 0 Å². The first kappa shape index (κ1) is 22.0. The first-order valence-electron chi connectivity index (χ1n) is 9.57. The van der Waals surface area contributed by atoms with Gasteiger partial charge in [0, 0.05) is 17.2 Å². The van der Waals surface area contributed by atoms with E-state index in [0.29, 0.717) is 30.4 Å². The molecule has 0 spiro atoms. The Labute approximate surface area is 179 Å². The van der Waals surface area contributed by atoms with Crippen LogP contribution in [-0.2, 0) is 18.8 Å². The van der Waals surface area contributed by atoms with E-state index in [0.717, 1.165) is 35.1 Å². The number of hydrogen-bond acceptors (Lipinski definition) is 8. The first-order valence-corrected chi connectivity index (χ1v) is 10.7. The predicted octanol–water partition coefficient (Wildman–Crippen LogP) is 2.77. The summed E-state index contributed by atoms with van der Waals surface area (Å²) in [6, 6.07) is 9.53. The number of ether oxygens (including phenoxy) is 2. The molecule has 1 aromatic heterocycles. The zero-order valence-electron chi connectivity index (χ0n) is 17.1. The Balaban J connectivity index is 1.43. The van der Waals surface area contributed by atoms with Gasteiger partial charge >= 0.3 is 0 Å². The molecule has 0 amide bonds. The molecule has 0 aliphatic carbocycles. The molecule has 0 atom stereocenters. The van der Waals surface area contributed by atoms with Gasteiger partial charge in [-0.2, -0.15) is 11.8 Å². The highest BCUT2D eigenvalue weighted by atomic mass is 32.2. The Morgan fingerprint density at radius 1 is 1.23 bits per heavy atom. The minimum absolute atomic E-state index is 0.211. The van der Waals surface area contributed by atoms with Crippen molar-refractivity contribution in [2.24, 2.45) is 4.99 Å². The molecule has 9 nitrogen and oxygen atoms in total. The topological polar surface area (TPSA) is 102 Å². The summed E-state index contributed by atoms with van der Waals surface area (Å²) >= 11 is 1.70. The lowest BCUT2D eigenvalue weighted by atomic mass is 10.2. The number of nitro groups is 1. The van der Waals surface area contributed by atoms with Crippen LogP contribution in [0.5, 0.6) is 11.5 Å². The second-order valence-electron chi connectivity index (χ2n) is 7.03. The van der Waals surface area contributed by atoms with Gasteiger partial charge in [-0.25, -0.2) is 0 Å². The largest absolute Gasteiger partial charge is 0.464 e. The van der Waals surface area contributed by atoms with Gasteiger partial charge in [0.1, 0.15) is 11.5 Å². The fourth-order valence-electron chi connectivity index (χ4n) is 2.85. The van der Waals surface area contributed by atoms with Crippen molar-refractivity contribution in [3.05, 3.63) is 57.5 Å². The Hall–Kier alpha value is -2.72. The molecule has 162 valence electrons. The second-order valence-corrected chi connectivity index (χ2v) is 8.13. The molecule has 2 heterocycles. The van der Waals surface area contributed by atoms with Crippen molar-refractivity contribution in [1.29, 1.82) is 0 Å². The normalized spacial score (nSPS) is 13.1. The summed E-state index contributed by atoms with van der Waals surface area (Å²) in [5.74, 6) is 5.16. The number of fused-ring (bicyclic) bond motifs is 1. The molecule has 3 rings (SSSR count). The summed E-state index contributed by atoms with van der Waals surface area (Å²) in [4.78, 5) is 17.0. The van der Waals surface area contributed by atoms with Crippen LogP contribution in [0.1, 0.15) is 17.1 Å². The maximum atomic E-state index is 11.0. The van der Waals surface area contributed by atoms with Crippen molar-refractivity contribution in [3.8, 4) is 11.5 Å². The van der Waals surface area contributed by atoms with Crippen molar-refractivity contribution in [3.63, 3.8) is 0 Å². The zero-order valence-corrected chi connectivity index (χ0v) is 17.9. The molecule has 1 aromatic carbocycles. The molecular weight excluding hydrogens is 408 g/mol. The van der Waals surface area contributed by atoms with Gasteiger partial charge in [-0.1, -0.05) is 6.07 Å². The van der Waals surface area contributed by atoms with Crippen LogP contribution < -0.4 is 14.8 Å². The minimum Gasteiger partial charge on any atom is -0.464 e. The van der Waals surface area contributed by atoms with E-state index in [9.17, 15) is 10.1 Å². The molecule has 1 N–H and O–H groups in total. The maximum absolute atomic E-state index is 11.0. The number of rotatable bonds is 11. The zero-order chi connectivity index (χ0) is 21.3. The average molecular weight is 435 g/mol. The van der Waals surface area contributed by atoms with Gasteiger partial charge in [0.05, 0.1) is 18.8 Å². The van der Waals surface area contributed by atoms with Crippen LogP contribution in [0.4, 0.5) is 0 Å². The third-order valence-corrected chi connectivity index (χ3v) is 5.16. The van der Waals surface area contributed by atoms with Crippen LogP contribution in [0.2, 0.25) is 0 Å². The molecule has 0 unspecified atom stereocenters. The van der Waals surface area contributed by atoms with Crippen LogP contribution in [0.3, 0.4) is 0 Å². The lowest BCUT2D eigenvalue weighted by Crippen LogP contribution is -2.32. The van der Waals surface area contributed by atoms with Gasteiger partial charge in [-0.05, 0) is 43.9 Å². The van der Waals surface area contributed by atoms with Crippen molar-refractivity contribution in [2.75, 3.05) is 39.7 Å². The number of nitrogens with one attached hydrogen (secondary N) is 1. The quantitative estimate of drug-likeness (QED) is 0.189. The lowest BCUT2D eigenvalue weighted by Gasteiger charge is -2.07. The second kappa shape index (κ2) is 10.9. The van der Waals surface area contributed by atoms with Gasteiger partial charge in [0.2, 0.25) is 6.79 Å². The average Bonchev–Trinajstić information content (AvgIpc) is 3.33. The fourth-order valence-corrected chi connectivity index (χ4v) is 3.59. The van der Waals surface area contributed by atoms with Gasteiger partial charge in [-0.15, -0.1) is 0 Å². The van der Waals surface area contributed by atoms with Gasteiger partial charge in [0.15, 0.2) is 17.3 Å². The predicted molar refractivity (Wildman–Crippen MR) is 116 cm³/mol. The van der Waals surface area contributed by atoms with Crippen LogP contribution in [0, 0.1) is 10.1 Å². The standard InChI is InChI=1S/C20H26N4O5S/c1-23(2)11-16-4-5-17(29-16)13-30-8-7-21-20(12-24(25)26)22-10-15-3-6-18-19(9-15)28-14-27-18/h3-6,9H,7-8,10-14H2,1-2H3,(H,21,22). The molecule has 2 aromatic rings. The number of thioether (sulfide) groups is 1. The van der Waals surface area contributed by atoms with E-state index in [1.807, 2.05) is 44.4 Å². The molecule has 0 saturated heterocycles. The molecule has 0 bridgehead atoms. The summed E-state index contributed by atoms with van der Waals surface area (Å²) < 4.78 is 16.4. The number of benzene rings is 1. The number of furan rings is 1. The lowest BCUT2D eigenvalue weighted by molar-refractivity contribution is -0.463. The summed E-state index contributed by atoms with van der Waals surface area (Å²) in [7, 11) is 4.00. The molecule has 0 saturated carbocycles. The summed E-state index contributed by atoms with van der Waals surface area (Å²) in [5, 5.41) is 14.0. The summed E-state index contributed by atoms with van der Waals surface area (Å²) in [5.41, 5.74) is 0.905. The van der Waals surface area contributed by atoms with Crippen molar-refractivity contribution >= 4 is 17.6 Å². The Morgan fingerprint density at radius 3 is 2.83 bits per heavy atom. The summed E-state index contributed by atoms with van der Waals surface area (Å²) in [6.07, 6.45) is 0. The third kappa shape index (κ3) is 6.96. The van der Waals surface area contributed by atoms with Crippen LogP contribution in [0.25, 0.3) is 0 Å². The first-order chi connectivity index (χ1) is 14.5. The minimum atomic E-state index is -0.381. The number of amidine groups is 1. The molecule has 0 radical (unpaired) electrons. The van der Waals surface area contributed by atoms with Crippen molar-refractivity contribution in [1.82, 2.24) is 10.2 Å². The van der Waals surface area contributed by atoms with Gasteiger partial charge in [-0.3, -0.25) is 15.1 Å². The van der Waals surface area contributed by atoms with E-state index in [1.165, 1.54) is 0 Å². The number of hydrogen-bond donors (Lipinski definition) is 1. The van der Waals surface area contributed by atoms with E-state index in [1.54, 1.807) is 11.8 Å². The Morgan fingerprint density at radius 2 is 2.03 bits per heavy atom.